The molecule has 0 aromatic rings. The number of amides is 2. The predicted molar refractivity (Wildman–Crippen MR) is 66.4 cm³/mol. The highest BCUT2D eigenvalue weighted by molar-refractivity contribution is 5.91. The molecule has 108 valence electrons. The minimum absolute atomic E-state index is 0.0635. The molecule has 2 atom stereocenters. The van der Waals surface area contributed by atoms with Crippen molar-refractivity contribution in [2.45, 2.75) is 25.8 Å². The van der Waals surface area contributed by atoms with Crippen LogP contribution in [0.25, 0.3) is 0 Å². The van der Waals surface area contributed by atoms with Gasteiger partial charge in [-0.3, -0.25) is 9.59 Å². The predicted octanol–water partition coefficient (Wildman–Crippen LogP) is -0.539. The monoisotopic (exact) mass is 272 g/mol. The van der Waals surface area contributed by atoms with Gasteiger partial charge < -0.3 is 20.1 Å². The SMILES string of the molecule is CCN1CC(C(=O)NC(CCOC)C(=O)O)CC1=O. The molecule has 2 amide bonds. The van der Waals surface area contributed by atoms with Crippen molar-refractivity contribution >= 4 is 17.8 Å². The van der Waals surface area contributed by atoms with Crippen LogP contribution in [0.4, 0.5) is 0 Å². The molecule has 1 saturated heterocycles. The molecule has 0 aliphatic carbocycles. The number of hydrogen-bond acceptors (Lipinski definition) is 4. The molecule has 0 saturated carbocycles. The Labute approximate surface area is 111 Å². The molecule has 0 bridgehead atoms. The first-order chi connectivity index (χ1) is 8.99. The zero-order valence-corrected chi connectivity index (χ0v) is 11.2. The first kappa shape index (κ1) is 15.4. The summed E-state index contributed by atoms with van der Waals surface area (Å²) in [5, 5.41) is 11.5. The summed E-state index contributed by atoms with van der Waals surface area (Å²) in [4.78, 5) is 36.0. The molecular formula is C12H20N2O5. The molecular weight excluding hydrogens is 252 g/mol. The van der Waals surface area contributed by atoms with Gasteiger partial charge in [-0.25, -0.2) is 4.79 Å². The fraction of sp³-hybridized carbons (Fsp3) is 0.750. The van der Waals surface area contributed by atoms with Gasteiger partial charge in [-0.2, -0.15) is 0 Å². The molecule has 19 heavy (non-hydrogen) atoms. The minimum Gasteiger partial charge on any atom is -0.480 e. The number of nitrogens with one attached hydrogen (secondary N) is 1. The average Bonchev–Trinajstić information content (AvgIpc) is 2.75. The molecule has 0 spiro atoms. The van der Waals surface area contributed by atoms with Crippen LogP contribution in [-0.2, 0) is 19.1 Å². The summed E-state index contributed by atoms with van der Waals surface area (Å²) >= 11 is 0. The number of carboxylic acid groups (broad SMARTS) is 1. The maximum Gasteiger partial charge on any atom is 0.326 e. The average molecular weight is 272 g/mol. The second-order valence-electron chi connectivity index (χ2n) is 4.51. The molecule has 7 nitrogen and oxygen atoms in total. The maximum atomic E-state index is 11.9. The number of nitrogens with zero attached hydrogens (tertiary/aromatic N) is 1. The molecule has 1 aliphatic heterocycles. The molecule has 2 unspecified atom stereocenters. The van der Waals surface area contributed by atoms with Crippen LogP contribution in [0.2, 0.25) is 0 Å². The van der Waals surface area contributed by atoms with E-state index in [0.29, 0.717) is 13.1 Å². The Morgan fingerprint density at radius 3 is 2.74 bits per heavy atom. The fourth-order valence-corrected chi connectivity index (χ4v) is 2.04. The van der Waals surface area contributed by atoms with E-state index < -0.39 is 17.9 Å². The number of methoxy groups -OCH3 is 1. The van der Waals surface area contributed by atoms with E-state index in [9.17, 15) is 14.4 Å². The molecule has 2 N–H and O–H groups in total. The molecule has 0 aromatic carbocycles. The number of aliphatic carboxylic acids is 1. The summed E-state index contributed by atoms with van der Waals surface area (Å²) in [7, 11) is 1.47. The van der Waals surface area contributed by atoms with Gasteiger partial charge in [0.25, 0.3) is 0 Å². The Bertz CT molecular complexity index is 358. The lowest BCUT2D eigenvalue weighted by Crippen LogP contribution is -2.44. The number of carbonyl (C=O) groups excluding carboxylic acids is 2. The number of rotatable bonds is 7. The lowest BCUT2D eigenvalue weighted by atomic mass is 10.1. The van der Waals surface area contributed by atoms with Gasteiger partial charge in [0.1, 0.15) is 6.04 Å². The van der Waals surface area contributed by atoms with E-state index in [1.165, 1.54) is 7.11 Å². The third kappa shape index (κ3) is 4.20. The second-order valence-corrected chi connectivity index (χ2v) is 4.51. The zero-order valence-electron chi connectivity index (χ0n) is 11.2. The summed E-state index contributed by atoms with van der Waals surface area (Å²) in [5.74, 6) is -2.00. The van der Waals surface area contributed by atoms with Crippen LogP contribution in [0.15, 0.2) is 0 Å². The summed E-state index contributed by atoms with van der Waals surface area (Å²) in [6.07, 6.45) is 0.353. The van der Waals surface area contributed by atoms with Gasteiger partial charge >= 0.3 is 5.97 Å². The minimum atomic E-state index is -1.10. The topological polar surface area (TPSA) is 95.9 Å². The number of carboxylic acids is 1. The third-order valence-electron chi connectivity index (χ3n) is 3.19. The van der Waals surface area contributed by atoms with Gasteiger partial charge in [0.15, 0.2) is 0 Å². The van der Waals surface area contributed by atoms with E-state index in [1.807, 2.05) is 6.92 Å². The van der Waals surface area contributed by atoms with Crippen molar-refractivity contribution in [1.82, 2.24) is 10.2 Å². The number of hydrogen-bond donors (Lipinski definition) is 2. The standard InChI is InChI=1S/C12H20N2O5/c1-3-14-7-8(6-10(14)15)11(16)13-9(12(17)18)4-5-19-2/h8-9H,3-7H2,1-2H3,(H,13,16)(H,17,18). The van der Waals surface area contributed by atoms with E-state index >= 15 is 0 Å². The van der Waals surface area contributed by atoms with Crippen molar-refractivity contribution in [3.63, 3.8) is 0 Å². The Hall–Kier alpha value is -1.63. The van der Waals surface area contributed by atoms with Crippen LogP contribution in [0.3, 0.4) is 0 Å². The van der Waals surface area contributed by atoms with Crippen LogP contribution >= 0.6 is 0 Å². The van der Waals surface area contributed by atoms with Gasteiger partial charge in [-0.1, -0.05) is 0 Å². The van der Waals surface area contributed by atoms with Crippen molar-refractivity contribution in [2.24, 2.45) is 5.92 Å². The van der Waals surface area contributed by atoms with Gasteiger partial charge in [0, 0.05) is 39.6 Å². The van der Waals surface area contributed by atoms with Gasteiger partial charge in [-0.15, -0.1) is 0 Å². The quantitative estimate of drug-likeness (QED) is 0.649. The van der Waals surface area contributed by atoms with Gasteiger partial charge in [0.2, 0.25) is 11.8 Å². The van der Waals surface area contributed by atoms with Gasteiger partial charge in [-0.05, 0) is 6.92 Å². The number of ether oxygens (including phenoxy) is 1. The highest BCUT2D eigenvalue weighted by atomic mass is 16.5. The van der Waals surface area contributed by atoms with Crippen LogP contribution in [0, 0.1) is 5.92 Å². The van der Waals surface area contributed by atoms with E-state index in [4.69, 9.17) is 9.84 Å². The summed E-state index contributed by atoms with van der Waals surface area (Å²) in [5.41, 5.74) is 0. The molecule has 1 fully saturated rings. The Kier molecular flexibility index (Phi) is 5.75. The Morgan fingerprint density at radius 2 is 2.26 bits per heavy atom. The van der Waals surface area contributed by atoms with Crippen LogP contribution in [0.1, 0.15) is 19.8 Å². The van der Waals surface area contributed by atoms with Crippen molar-refractivity contribution in [2.75, 3.05) is 26.8 Å². The highest BCUT2D eigenvalue weighted by Gasteiger charge is 2.34. The van der Waals surface area contributed by atoms with Crippen LogP contribution in [0.5, 0.6) is 0 Å². The molecule has 0 aromatic heterocycles. The second kappa shape index (κ2) is 7.08. The number of likely N-dealkylation sites (tertiary alicyclic amines) is 1. The molecule has 7 heteroatoms. The normalized spacial score (nSPS) is 20.4. The van der Waals surface area contributed by atoms with Crippen LogP contribution in [-0.4, -0.2) is 60.6 Å². The van der Waals surface area contributed by atoms with Gasteiger partial charge in [0.05, 0.1) is 5.92 Å². The van der Waals surface area contributed by atoms with Crippen molar-refractivity contribution in [1.29, 1.82) is 0 Å². The highest BCUT2D eigenvalue weighted by Crippen LogP contribution is 2.17. The van der Waals surface area contributed by atoms with E-state index in [0.717, 1.165) is 0 Å². The largest absolute Gasteiger partial charge is 0.480 e. The summed E-state index contributed by atoms with van der Waals surface area (Å²) in [6, 6.07) is -0.974. The summed E-state index contributed by atoms with van der Waals surface area (Å²) < 4.78 is 4.80. The van der Waals surface area contributed by atoms with Crippen molar-refractivity contribution in [3.05, 3.63) is 0 Å². The van der Waals surface area contributed by atoms with Crippen molar-refractivity contribution < 1.29 is 24.2 Å². The van der Waals surface area contributed by atoms with E-state index in [2.05, 4.69) is 5.32 Å². The molecule has 0 radical (unpaired) electrons. The molecule has 1 heterocycles. The summed E-state index contributed by atoms with van der Waals surface area (Å²) in [6.45, 7) is 3.02. The van der Waals surface area contributed by atoms with Crippen LogP contribution < -0.4 is 5.32 Å². The molecule has 1 rings (SSSR count). The van der Waals surface area contributed by atoms with Crippen molar-refractivity contribution in [3.8, 4) is 0 Å². The van der Waals surface area contributed by atoms with E-state index in [1.54, 1.807) is 4.90 Å². The lowest BCUT2D eigenvalue weighted by molar-refractivity contribution is -0.142. The lowest BCUT2D eigenvalue weighted by Gasteiger charge is -2.17. The Balaban J connectivity index is 2.53. The third-order valence-corrected chi connectivity index (χ3v) is 3.19. The number of carbonyl (C=O) groups is 3. The maximum absolute atomic E-state index is 11.9. The molecule has 1 aliphatic rings. The smallest absolute Gasteiger partial charge is 0.326 e. The van der Waals surface area contributed by atoms with E-state index in [-0.39, 0.29) is 31.3 Å². The zero-order chi connectivity index (χ0) is 14.4. The first-order valence-electron chi connectivity index (χ1n) is 6.29. The fourth-order valence-electron chi connectivity index (χ4n) is 2.04. The first-order valence-corrected chi connectivity index (χ1v) is 6.29. The Morgan fingerprint density at radius 1 is 1.58 bits per heavy atom.